The van der Waals surface area contributed by atoms with Crippen LogP contribution in [0.15, 0.2) is 30.3 Å². The molecule has 2 atom stereocenters. The largest absolute Gasteiger partial charge is 0.445 e. The highest BCUT2D eigenvalue weighted by Gasteiger charge is 2.50. The number of carbonyl (C=O) groups excluding carboxylic acids is 1. The van der Waals surface area contributed by atoms with Crippen molar-refractivity contribution in [3.63, 3.8) is 0 Å². The number of ether oxygens (including phenoxy) is 1. The minimum Gasteiger partial charge on any atom is -0.445 e. The summed E-state index contributed by atoms with van der Waals surface area (Å²) in [5.41, 5.74) is 0.245. The van der Waals surface area contributed by atoms with E-state index >= 15 is 0 Å². The Bertz CT molecular complexity index is 687. The van der Waals surface area contributed by atoms with Gasteiger partial charge in [0.15, 0.2) is 8.32 Å². The Morgan fingerprint density at radius 2 is 1.76 bits per heavy atom. The summed E-state index contributed by atoms with van der Waals surface area (Å²) in [5.74, 6) is 0. The summed E-state index contributed by atoms with van der Waals surface area (Å²) in [6, 6.07) is 9.88. The van der Waals surface area contributed by atoms with Crippen LogP contribution in [0.1, 0.15) is 58.4 Å². The normalized spacial score (nSPS) is 27.2. The first-order chi connectivity index (χ1) is 13.5. The molecule has 6 heteroatoms. The van der Waals surface area contributed by atoms with Crippen LogP contribution in [-0.2, 0) is 15.8 Å². The first kappa shape index (κ1) is 22.3. The maximum atomic E-state index is 12.7. The van der Waals surface area contributed by atoms with E-state index in [1.807, 2.05) is 35.2 Å². The van der Waals surface area contributed by atoms with Crippen LogP contribution in [0.25, 0.3) is 0 Å². The summed E-state index contributed by atoms with van der Waals surface area (Å²) >= 11 is 0. The van der Waals surface area contributed by atoms with Crippen LogP contribution in [0, 0.1) is 0 Å². The standard InChI is InChI=1S/C23H37NO4Si/c1-22(2,3)29(4,5)28-14-13-23(26)15-19-11-12-20(16-23)24(19)21(25)27-17-18-9-7-6-8-10-18/h6-10,19-20,26H,11-17H2,1-5H3. The van der Waals surface area contributed by atoms with Gasteiger partial charge in [-0.05, 0) is 55.8 Å². The van der Waals surface area contributed by atoms with Crippen molar-refractivity contribution in [3.8, 4) is 0 Å². The van der Waals surface area contributed by atoms with Crippen LogP contribution >= 0.6 is 0 Å². The third-order valence-electron chi connectivity index (χ3n) is 7.10. The van der Waals surface area contributed by atoms with Crippen molar-refractivity contribution in [3.05, 3.63) is 35.9 Å². The molecule has 0 spiro atoms. The maximum absolute atomic E-state index is 12.7. The molecule has 2 aliphatic rings. The van der Waals surface area contributed by atoms with Crippen molar-refractivity contribution in [1.82, 2.24) is 4.90 Å². The van der Waals surface area contributed by atoms with Gasteiger partial charge >= 0.3 is 6.09 Å². The van der Waals surface area contributed by atoms with Crippen LogP contribution in [0.3, 0.4) is 0 Å². The molecule has 1 amide bonds. The van der Waals surface area contributed by atoms with Gasteiger partial charge < -0.3 is 19.2 Å². The van der Waals surface area contributed by atoms with E-state index in [9.17, 15) is 9.90 Å². The van der Waals surface area contributed by atoms with E-state index in [0.29, 0.717) is 32.5 Å². The number of nitrogens with zero attached hydrogens (tertiary/aromatic N) is 1. The van der Waals surface area contributed by atoms with Crippen molar-refractivity contribution < 1.29 is 19.1 Å². The monoisotopic (exact) mass is 419 g/mol. The van der Waals surface area contributed by atoms with Crippen LogP contribution in [0.2, 0.25) is 18.1 Å². The third kappa shape index (κ3) is 5.22. The Morgan fingerprint density at radius 1 is 1.17 bits per heavy atom. The zero-order valence-electron chi connectivity index (χ0n) is 18.6. The summed E-state index contributed by atoms with van der Waals surface area (Å²) in [6.07, 6.45) is 3.50. The molecule has 2 unspecified atom stereocenters. The van der Waals surface area contributed by atoms with Crippen LogP contribution < -0.4 is 0 Å². The van der Waals surface area contributed by atoms with Gasteiger partial charge in [-0.15, -0.1) is 0 Å². The molecule has 1 N–H and O–H groups in total. The van der Waals surface area contributed by atoms with Gasteiger partial charge in [-0.1, -0.05) is 51.1 Å². The Labute approximate surface area is 176 Å². The molecular formula is C23H37NO4Si. The van der Waals surface area contributed by atoms with Gasteiger partial charge in [-0.25, -0.2) is 4.79 Å². The van der Waals surface area contributed by atoms with E-state index in [-0.39, 0.29) is 23.2 Å². The zero-order chi connectivity index (χ0) is 21.3. The molecule has 3 rings (SSSR count). The lowest BCUT2D eigenvalue weighted by atomic mass is 9.84. The van der Waals surface area contributed by atoms with Gasteiger partial charge in [-0.3, -0.25) is 0 Å². The number of fused-ring (bicyclic) bond motifs is 2. The van der Waals surface area contributed by atoms with Gasteiger partial charge in [0, 0.05) is 18.7 Å². The molecule has 2 saturated heterocycles. The van der Waals surface area contributed by atoms with Crippen LogP contribution in [0.5, 0.6) is 0 Å². The molecule has 0 aromatic heterocycles. The fourth-order valence-corrected chi connectivity index (χ4v) is 5.38. The van der Waals surface area contributed by atoms with Crippen molar-refractivity contribution in [2.45, 2.75) is 95.3 Å². The second-order valence-electron chi connectivity index (χ2n) is 10.3. The quantitative estimate of drug-likeness (QED) is 0.652. The lowest BCUT2D eigenvalue weighted by Crippen LogP contribution is -2.54. The van der Waals surface area contributed by atoms with Crippen LogP contribution in [0.4, 0.5) is 4.79 Å². The summed E-state index contributed by atoms with van der Waals surface area (Å²) in [5, 5.41) is 11.4. The Hall–Kier alpha value is -1.37. The molecule has 2 bridgehead atoms. The number of benzene rings is 1. The number of aliphatic hydroxyl groups is 1. The first-order valence-electron chi connectivity index (χ1n) is 10.9. The molecule has 0 aliphatic carbocycles. The Balaban J connectivity index is 1.53. The summed E-state index contributed by atoms with van der Waals surface area (Å²) in [4.78, 5) is 14.6. The zero-order valence-corrected chi connectivity index (χ0v) is 19.6. The molecule has 29 heavy (non-hydrogen) atoms. The fourth-order valence-electron chi connectivity index (χ4n) is 4.33. The number of amides is 1. The lowest BCUT2D eigenvalue weighted by molar-refractivity contribution is -0.0603. The van der Waals surface area contributed by atoms with Gasteiger partial charge in [0.25, 0.3) is 0 Å². The SMILES string of the molecule is CC(C)(C)[Si](C)(C)OCCC1(O)CC2CCC(C1)N2C(=O)OCc1ccccc1. The predicted octanol–water partition coefficient (Wildman–Crippen LogP) is 5.09. The minimum atomic E-state index is -1.81. The summed E-state index contributed by atoms with van der Waals surface area (Å²) in [7, 11) is -1.81. The molecule has 0 radical (unpaired) electrons. The number of carbonyl (C=O) groups is 1. The minimum absolute atomic E-state index is 0.0647. The van der Waals surface area contributed by atoms with E-state index in [1.54, 1.807) is 0 Å². The molecule has 1 aromatic rings. The average molecular weight is 420 g/mol. The van der Waals surface area contributed by atoms with Crippen molar-refractivity contribution in [2.75, 3.05) is 6.61 Å². The molecule has 2 aliphatic heterocycles. The smallest absolute Gasteiger partial charge is 0.410 e. The number of piperidine rings is 1. The Morgan fingerprint density at radius 3 is 2.31 bits per heavy atom. The Kier molecular flexibility index (Phi) is 6.46. The van der Waals surface area contributed by atoms with E-state index in [0.717, 1.165) is 18.4 Å². The molecular weight excluding hydrogens is 382 g/mol. The van der Waals surface area contributed by atoms with Crippen molar-refractivity contribution in [2.24, 2.45) is 0 Å². The van der Waals surface area contributed by atoms with E-state index < -0.39 is 13.9 Å². The van der Waals surface area contributed by atoms with Crippen molar-refractivity contribution >= 4 is 14.4 Å². The van der Waals surface area contributed by atoms with Crippen molar-refractivity contribution in [1.29, 1.82) is 0 Å². The highest BCUT2D eigenvalue weighted by atomic mass is 28.4. The van der Waals surface area contributed by atoms with E-state index in [4.69, 9.17) is 9.16 Å². The topological polar surface area (TPSA) is 59.0 Å². The van der Waals surface area contributed by atoms with Crippen LogP contribution in [-0.4, -0.2) is 48.7 Å². The van der Waals surface area contributed by atoms with Gasteiger partial charge in [0.05, 0.1) is 5.60 Å². The maximum Gasteiger partial charge on any atom is 0.410 e. The predicted molar refractivity (Wildman–Crippen MR) is 117 cm³/mol. The van der Waals surface area contributed by atoms with Gasteiger partial charge in [0.2, 0.25) is 0 Å². The molecule has 5 nitrogen and oxygen atoms in total. The second kappa shape index (κ2) is 8.40. The number of rotatable bonds is 6. The second-order valence-corrected chi connectivity index (χ2v) is 15.1. The number of hydrogen-bond acceptors (Lipinski definition) is 4. The number of hydrogen-bond donors (Lipinski definition) is 1. The highest BCUT2D eigenvalue weighted by Crippen LogP contribution is 2.43. The molecule has 2 fully saturated rings. The molecule has 1 aromatic carbocycles. The van der Waals surface area contributed by atoms with E-state index in [1.165, 1.54) is 0 Å². The van der Waals surface area contributed by atoms with Gasteiger partial charge in [-0.2, -0.15) is 0 Å². The van der Waals surface area contributed by atoms with E-state index in [2.05, 4.69) is 33.9 Å². The first-order valence-corrected chi connectivity index (χ1v) is 13.8. The highest BCUT2D eigenvalue weighted by molar-refractivity contribution is 6.74. The third-order valence-corrected chi connectivity index (χ3v) is 11.6. The average Bonchev–Trinajstić information content (AvgIpc) is 2.92. The summed E-state index contributed by atoms with van der Waals surface area (Å²) in [6.45, 7) is 12.1. The molecule has 162 valence electrons. The molecule has 2 heterocycles. The fraction of sp³-hybridized carbons (Fsp3) is 0.696. The molecule has 0 saturated carbocycles. The van der Waals surface area contributed by atoms with Gasteiger partial charge in [0.1, 0.15) is 6.61 Å². The lowest BCUT2D eigenvalue weighted by Gasteiger charge is -2.44. The summed E-state index contributed by atoms with van der Waals surface area (Å²) < 4.78 is 11.9.